The van der Waals surface area contributed by atoms with E-state index in [0.717, 1.165) is 0 Å². The zero-order chi connectivity index (χ0) is 13.2. The molecular weight excluding hydrogens is 309 g/mol. The number of nitro groups is 1. The molecule has 0 aliphatic rings. The van der Waals surface area contributed by atoms with E-state index in [1.54, 1.807) is 0 Å². The predicted molar refractivity (Wildman–Crippen MR) is 55.5 cm³/mol. The molecule has 0 radical (unpaired) electrons. The Morgan fingerprint density at radius 1 is 1.41 bits per heavy atom. The molecule has 1 aromatic carbocycles. The second kappa shape index (κ2) is 4.70. The van der Waals surface area contributed by atoms with Gasteiger partial charge in [-0.1, -0.05) is 0 Å². The summed E-state index contributed by atoms with van der Waals surface area (Å²) in [6.45, 7) is 0. The van der Waals surface area contributed by atoms with Gasteiger partial charge in [0.15, 0.2) is 0 Å². The van der Waals surface area contributed by atoms with Crippen LogP contribution in [0.3, 0.4) is 0 Å². The first-order valence-corrected chi connectivity index (χ1v) is 4.82. The van der Waals surface area contributed by atoms with Crippen LogP contribution < -0.4 is 5.32 Å². The van der Waals surface area contributed by atoms with E-state index in [9.17, 15) is 28.1 Å². The molecule has 0 spiro atoms. The fourth-order valence-electron chi connectivity index (χ4n) is 1.10. The molecule has 0 aliphatic heterocycles. The second-order valence-corrected chi connectivity index (χ2v) is 3.72. The minimum atomic E-state index is -4.70. The van der Waals surface area contributed by atoms with Crippen LogP contribution in [0, 0.1) is 10.1 Å². The Hall–Kier alpha value is -1.64. The number of nitro benzene ring substituents is 1. The molecule has 0 bridgehead atoms. The summed E-state index contributed by atoms with van der Waals surface area (Å²) in [6.07, 6.45) is -4.56. The van der Waals surface area contributed by atoms with E-state index in [1.165, 1.54) is 0 Å². The van der Waals surface area contributed by atoms with Crippen LogP contribution in [-0.4, -0.2) is 11.3 Å². The summed E-state index contributed by atoms with van der Waals surface area (Å²) < 4.78 is 37.0. The molecule has 9 heteroatoms. The van der Waals surface area contributed by atoms with Gasteiger partial charge in [-0.3, -0.25) is 14.9 Å². The quantitative estimate of drug-likeness (QED) is 0.530. The lowest BCUT2D eigenvalue weighted by Gasteiger charge is -2.10. The third kappa shape index (κ3) is 2.93. The van der Waals surface area contributed by atoms with E-state index in [-0.39, 0.29) is 16.6 Å². The van der Waals surface area contributed by atoms with Crippen molar-refractivity contribution in [2.24, 2.45) is 0 Å². The van der Waals surface area contributed by atoms with Crippen molar-refractivity contribution in [2.75, 3.05) is 5.32 Å². The lowest BCUT2D eigenvalue weighted by atomic mass is 10.1. The summed E-state index contributed by atoms with van der Waals surface area (Å²) in [5.41, 5.74) is -2.33. The molecule has 0 fully saturated rings. The summed E-state index contributed by atoms with van der Waals surface area (Å²) in [4.78, 5) is 19.8. The highest BCUT2D eigenvalue weighted by atomic mass is 79.9. The van der Waals surface area contributed by atoms with Gasteiger partial charge in [0.05, 0.1) is 10.5 Å². The van der Waals surface area contributed by atoms with Crippen LogP contribution in [0.15, 0.2) is 16.6 Å². The SMILES string of the molecule is O=CNc1c(Br)cc(C(F)(F)F)cc1[N+](=O)[O-]. The summed E-state index contributed by atoms with van der Waals surface area (Å²) in [5.74, 6) is 0. The van der Waals surface area contributed by atoms with E-state index in [4.69, 9.17) is 0 Å². The van der Waals surface area contributed by atoms with E-state index in [2.05, 4.69) is 15.9 Å². The highest BCUT2D eigenvalue weighted by Gasteiger charge is 2.34. The lowest BCUT2D eigenvalue weighted by Crippen LogP contribution is -2.08. The maximum Gasteiger partial charge on any atom is 0.416 e. The maximum atomic E-state index is 12.4. The summed E-state index contributed by atoms with van der Waals surface area (Å²) in [5, 5.41) is 12.6. The highest BCUT2D eigenvalue weighted by Crippen LogP contribution is 2.39. The monoisotopic (exact) mass is 312 g/mol. The molecule has 0 unspecified atom stereocenters. The smallest absolute Gasteiger partial charge is 0.322 e. The van der Waals surface area contributed by atoms with E-state index in [0.29, 0.717) is 12.1 Å². The number of nitrogens with zero attached hydrogens (tertiary/aromatic N) is 1. The molecule has 0 aromatic heterocycles. The van der Waals surface area contributed by atoms with Gasteiger partial charge in [0.1, 0.15) is 5.69 Å². The van der Waals surface area contributed by atoms with Crippen LogP contribution in [-0.2, 0) is 11.0 Å². The molecule has 0 atom stereocenters. The van der Waals surface area contributed by atoms with Crippen molar-refractivity contribution in [3.63, 3.8) is 0 Å². The lowest BCUT2D eigenvalue weighted by molar-refractivity contribution is -0.384. The zero-order valence-electron chi connectivity index (χ0n) is 7.92. The zero-order valence-corrected chi connectivity index (χ0v) is 9.50. The van der Waals surface area contributed by atoms with Crippen LogP contribution in [0.25, 0.3) is 0 Å². The number of carbonyl (C=O) groups excluding carboxylic acids is 1. The van der Waals surface area contributed by atoms with Crippen LogP contribution in [0.2, 0.25) is 0 Å². The average molecular weight is 313 g/mol. The molecule has 1 N–H and O–H groups in total. The third-order valence-electron chi connectivity index (χ3n) is 1.80. The minimum Gasteiger partial charge on any atom is -0.322 e. The molecule has 5 nitrogen and oxygen atoms in total. The topological polar surface area (TPSA) is 72.2 Å². The number of nitrogens with one attached hydrogen (secondary N) is 1. The Kier molecular flexibility index (Phi) is 3.71. The first kappa shape index (κ1) is 13.4. The van der Waals surface area contributed by atoms with Gasteiger partial charge in [-0.2, -0.15) is 13.2 Å². The Labute approximate surface area is 101 Å². The molecular formula is C8H4BrF3N2O3. The largest absolute Gasteiger partial charge is 0.416 e. The van der Waals surface area contributed by atoms with Gasteiger partial charge in [-0.05, 0) is 22.0 Å². The first-order valence-electron chi connectivity index (χ1n) is 4.02. The normalized spacial score (nSPS) is 11.1. The number of benzene rings is 1. The fraction of sp³-hybridized carbons (Fsp3) is 0.125. The third-order valence-corrected chi connectivity index (χ3v) is 2.42. The molecule has 1 amide bonds. The van der Waals surface area contributed by atoms with Gasteiger partial charge >= 0.3 is 6.18 Å². The van der Waals surface area contributed by atoms with Crippen LogP contribution in [0.1, 0.15) is 5.56 Å². The van der Waals surface area contributed by atoms with Gasteiger partial charge in [0, 0.05) is 10.5 Å². The van der Waals surface area contributed by atoms with E-state index in [1.807, 2.05) is 5.32 Å². The van der Waals surface area contributed by atoms with Crippen molar-refractivity contribution in [3.05, 3.63) is 32.3 Å². The van der Waals surface area contributed by atoms with E-state index >= 15 is 0 Å². The Morgan fingerprint density at radius 2 is 2.00 bits per heavy atom. The number of hydrogen-bond donors (Lipinski definition) is 1. The molecule has 0 aliphatic carbocycles. The van der Waals surface area contributed by atoms with Crippen molar-refractivity contribution >= 4 is 33.7 Å². The number of alkyl halides is 3. The molecule has 0 saturated heterocycles. The fourth-order valence-corrected chi connectivity index (χ4v) is 1.67. The van der Waals surface area contributed by atoms with Gasteiger partial charge in [-0.15, -0.1) is 0 Å². The van der Waals surface area contributed by atoms with E-state index < -0.39 is 22.4 Å². The van der Waals surface area contributed by atoms with Crippen LogP contribution in [0.5, 0.6) is 0 Å². The van der Waals surface area contributed by atoms with Crippen LogP contribution in [0.4, 0.5) is 24.5 Å². The van der Waals surface area contributed by atoms with Crippen LogP contribution >= 0.6 is 15.9 Å². The minimum absolute atomic E-state index is 0.139. The van der Waals surface area contributed by atoms with Crippen molar-refractivity contribution in [3.8, 4) is 0 Å². The van der Waals surface area contributed by atoms with Crippen molar-refractivity contribution in [1.29, 1.82) is 0 Å². The number of rotatable bonds is 3. The predicted octanol–water partition coefficient (Wildman–Crippen LogP) is 2.94. The summed E-state index contributed by atoms with van der Waals surface area (Å²) in [6, 6.07) is 1.01. The molecule has 1 rings (SSSR count). The first-order chi connectivity index (χ1) is 7.77. The molecule has 0 heterocycles. The Balaban J connectivity index is 3.46. The maximum absolute atomic E-state index is 12.4. The molecule has 0 saturated carbocycles. The number of anilines is 1. The van der Waals surface area contributed by atoms with Gasteiger partial charge in [0.25, 0.3) is 5.69 Å². The van der Waals surface area contributed by atoms with Gasteiger partial charge in [0.2, 0.25) is 6.41 Å². The molecule has 92 valence electrons. The second-order valence-electron chi connectivity index (χ2n) is 2.87. The average Bonchev–Trinajstić information content (AvgIpc) is 2.18. The Morgan fingerprint density at radius 3 is 2.41 bits per heavy atom. The summed E-state index contributed by atoms with van der Waals surface area (Å²) >= 11 is 2.73. The summed E-state index contributed by atoms with van der Waals surface area (Å²) in [7, 11) is 0. The molecule has 1 aromatic rings. The van der Waals surface area contributed by atoms with Crippen molar-refractivity contribution in [1.82, 2.24) is 0 Å². The Bertz CT molecular complexity index is 476. The van der Waals surface area contributed by atoms with Gasteiger partial charge in [-0.25, -0.2) is 0 Å². The number of amides is 1. The molecule has 17 heavy (non-hydrogen) atoms. The highest BCUT2D eigenvalue weighted by molar-refractivity contribution is 9.10. The van der Waals surface area contributed by atoms with Crippen molar-refractivity contribution in [2.45, 2.75) is 6.18 Å². The number of carbonyl (C=O) groups is 1. The van der Waals surface area contributed by atoms with Gasteiger partial charge < -0.3 is 5.32 Å². The van der Waals surface area contributed by atoms with Crippen molar-refractivity contribution < 1.29 is 22.9 Å². The standard InChI is InChI=1S/C8H4BrF3N2O3/c9-5-1-4(8(10,11)12)2-6(14(16)17)7(5)13-3-15/h1-3H,(H,13,15). The number of halogens is 4. The number of hydrogen-bond acceptors (Lipinski definition) is 3.